The summed E-state index contributed by atoms with van der Waals surface area (Å²) in [6.45, 7) is 4.70. The maximum Gasteiger partial charge on any atom is 0.165 e. The van der Waals surface area contributed by atoms with Crippen LogP contribution >= 0.6 is 0 Å². The summed E-state index contributed by atoms with van der Waals surface area (Å²) in [4.78, 5) is 10.7. The van der Waals surface area contributed by atoms with Crippen molar-refractivity contribution in [1.82, 2.24) is 14.5 Å². The zero-order chi connectivity index (χ0) is 32.0. The van der Waals surface area contributed by atoms with Gasteiger partial charge in [0.15, 0.2) is 5.82 Å². The number of para-hydroxylation sites is 3. The van der Waals surface area contributed by atoms with Gasteiger partial charge in [0.25, 0.3) is 0 Å². The maximum atomic E-state index is 5.42. The van der Waals surface area contributed by atoms with Crippen LogP contribution in [0.15, 0.2) is 152 Å². The molecule has 0 N–H and O–H groups in total. The van der Waals surface area contributed by atoms with Gasteiger partial charge in [-0.1, -0.05) is 141 Å². The molecule has 0 saturated heterocycles. The van der Waals surface area contributed by atoms with E-state index in [-0.39, 0.29) is 5.41 Å². The second-order valence-electron chi connectivity index (χ2n) is 13.4. The Morgan fingerprint density at radius 3 is 2.06 bits per heavy atom. The molecule has 9 aromatic rings. The van der Waals surface area contributed by atoms with E-state index in [4.69, 9.17) is 9.97 Å². The first-order valence-electron chi connectivity index (χ1n) is 16.6. The minimum atomic E-state index is -0.0942. The SMILES string of the molecule is CC1(C)c2ccccc2-c2ccc(-c3cccc4c5c6ccccc6ccc5n(-c5nc6ccccc6nc5-c5ccccc5)c34)cc21. The van der Waals surface area contributed by atoms with Gasteiger partial charge in [0.2, 0.25) is 0 Å². The third-order valence-corrected chi connectivity index (χ3v) is 10.4. The van der Waals surface area contributed by atoms with Crippen molar-refractivity contribution in [2.45, 2.75) is 19.3 Å². The lowest BCUT2D eigenvalue weighted by Gasteiger charge is -2.22. The van der Waals surface area contributed by atoms with Gasteiger partial charge < -0.3 is 0 Å². The molecule has 0 spiro atoms. The van der Waals surface area contributed by atoms with Crippen LogP contribution in [0.1, 0.15) is 25.0 Å². The van der Waals surface area contributed by atoms with Gasteiger partial charge in [0.05, 0.1) is 22.1 Å². The zero-order valence-corrected chi connectivity index (χ0v) is 26.8. The van der Waals surface area contributed by atoms with E-state index in [1.165, 1.54) is 54.9 Å². The number of fused-ring (bicyclic) bond motifs is 9. The molecule has 48 heavy (non-hydrogen) atoms. The predicted octanol–water partition coefficient (Wildman–Crippen LogP) is 11.5. The Hall–Kier alpha value is -6.06. The van der Waals surface area contributed by atoms with Crippen LogP contribution in [0, 0.1) is 0 Å². The maximum absolute atomic E-state index is 5.42. The van der Waals surface area contributed by atoms with Crippen molar-refractivity contribution in [1.29, 1.82) is 0 Å². The molecular weight excluding hydrogens is 583 g/mol. The van der Waals surface area contributed by atoms with Crippen molar-refractivity contribution in [2.75, 3.05) is 0 Å². The van der Waals surface area contributed by atoms with E-state index in [1.54, 1.807) is 0 Å². The second-order valence-corrected chi connectivity index (χ2v) is 13.4. The van der Waals surface area contributed by atoms with E-state index in [0.717, 1.165) is 39.1 Å². The van der Waals surface area contributed by atoms with Gasteiger partial charge in [-0.2, -0.15) is 0 Å². The summed E-state index contributed by atoms with van der Waals surface area (Å²) in [7, 11) is 0. The average molecular weight is 614 g/mol. The van der Waals surface area contributed by atoms with E-state index in [9.17, 15) is 0 Å². The summed E-state index contributed by atoms with van der Waals surface area (Å²) in [6, 6.07) is 54.5. The van der Waals surface area contributed by atoms with Crippen molar-refractivity contribution < 1.29 is 0 Å². The van der Waals surface area contributed by atoms with Gasteiger partial charge in [-0.3, -0.25) is 4.57 Å². The minimum absolute atomic E-state index is 0.0942. The van der Waals surface area contributed by atoms with Crippen LogP contribution in [0.4, 0.5) is 0 Å². The van der Waals surface area contributed by atoms with Crippen molar-refractivity contribution in [3.8, 4) is 39.3 Å². The number of nitrogens with zero attached hydrogens (tertiary/aromatic N) is 3. The molecule has 0 unspecified atom stereocenters. The van der Waals surface area contributed by atoms with E-state index < -0.39 is 0 Å². The zero-order valence-electron chi connectivity index (χ0n) is 26.8. The molecule has 3 heteroatoms. The highest BCUT2D eigenvalue weighted by atomic mass is 15.1. The van der Waals surface area contributed by atoms with Crippen LogP contribution in [-0.2, 0) is 5.41 Å². The Morgan fingerprint density at radius 2 is 1.19 bits per heavy atom. The first-order chi connectivity index (χ1) is 23.6. The second kappa shape index (κ2) is 9.97. The van der Waals surface area contributed by atoms with Gasteiger partial charge in [0, 0.05) is 27.3 Å². The Labute approximate surface area is 278 Å². The normalized spacial score (nSPS) is 13.4. The topological polar surface area (TPSA) is 30.7 Å². The number of hydrogen-bond donors (Lipinski definition) is 0. The molecule has 2 aromatic heterocycles. The van der Waals surface area contributed by atoms with Crippen LogP contribution in [0.25, 0.3) is 82.9 Å². The molecule has 7 aromatic carbocycles. The molecule has 0 bridgehead atoms. The third kappa shape index (κ3) is 3.76. The monoisotopic (exact) mass is 613 g/mol. The molecule has 2 heterocycles. The number of aromatic nitrogens is 3. The van der Waals surface area contributed by atoms with Crippen LogP contribution in [0.5, 0.6) is 0 Å². The smallest absolute Gasteiger partial charge is 0.165 e. The minimum Gasteiger partial charge on any atom is -0.291 e. The summed E-state index contributed by atoms with van der Waals surface area (Å²) >= 11 is 0. The molecule has 10 rings (SSSR count). The van der Waals surface area contributed by atoms with Crippen LogP contribution in [0.3, 0.4) is 0 Å². The van der Waals surface area contributed by atoms with Gasteiger partial charge >= 0.3 is 0 Å². The molecule has 0 saturated carbocycles. The van der Waals surface area contributed by atoms with E-state index >= 15 is 0 Å². The lowest BCUT2D eigenvalue weighted by molar-refractivity contribution is 0.660. The summed E-state index contributed by atoms with van der Waals surface area (Å²) in [6.07, 6.45) is 0. The van der Waals surface area contributed by atoms with E-state index in [2.05, 4.69) is 152 Å². The summed E-state index contributed by atoms with van der Waals surface area (Å²) in [5.41, 5.74) is 13.6. The molecule has 226 valence electrons. The highest BCUT2D eigenvalue weighted by molar-refractivity contribution is 6.23. The first kappa shape index (κ1) is 27.1. The molecular formula is C45H31N3. The number of rotatable bonds is 3. The molecule has 0 atom stereocenters. The molecule has 1 aliphatic rings. The lowest BCUT2D eigenvalue weighted by Crippen LogP contribution is -2.14. The van der Waals surface area contributed by atoms with Crippen LogP contribution in [0.2, 0.25) is 0 Å². The number of hydrogen-bond acceptors (Lipinski definition) is 2. The van der Waals surface area contributed by atoms with Gasteiger partial charge in [0.1, 0.15) is 5.69 Å². The largest absolute Gasteiger partial charge is 0.291 e. The summed E-state index contributed by atoms with van der Waals surface area (Å²) < 4.78 is 2.38. The highest BCUT2D eigenvalue weighted by Crippen LogP contribution is 2.50. The average Bonchev–Trinajstić information content (AvgIpc) is 3.60. The van der Waals surface area contributed by atoms with Crippen LogP contribution < -0.4 is 0 Å². The third-order valence-electron chi connectivity index (χ3n) is 10.4. The quantitative estimate of drug-likeness (QED) is 0.198. The summed E-state index contributed by atoms with van der Waals surface area (Å²) in [5.74, 6) is 0.830. The molecule has 0 fully saturated rings. The van der Waals surface area contributed by atoms with Gasteiger partial charge in [-0.15, -0.1) is 0 Å². The molecule has 0 radical (unpaired) electrons. The molecule has 1 aliphatic carbocycles. The van der Waals surface area contributed by atoms with Crippen LogP contribution in [-0.4, -0.2) is 14.5 Å². The van der Waals surface area contributed by atoms with Crippen molar-refractivity contribution in [3.63, 3.8) is 0 Å². The fourth-order valence-electron chi connectivity index (χ4n) is 8.10. The first-order valence-corrected chi connectivity index (χ1v) is 16.6. The Morgan fingerprint density at radius 1 is 0.500 bits per heavy atom. The van der Waals surface area contributed by atoms with E-state index in [1.807, 2.05) is 18.2 Å². The van der Waals surface area contributed by atoms with Gasteiger partial charge in [-0.25, -0.2) is 9.97 Å². The van der Waals surface area contributed by atoms with Crippen molar-refractivity contribution in [2.24, 2.45) is 0 Å². The molecule has 0 aliphatic heterocycles. The Bertz CT molecular complexity index is 2750. The Balaban J connectivity index is 1.35. The highest BCUT2D eigenvalue weighted by Gasteiger charge is 2.35. The standard InChI is InChI=1S/C45H31N3/c1-45(2)36-20-9-8-17-33(36)34-25-23-30(27-37(34)45)32-18-12-19-35-41-31-16-7-6-13-28(31)24-26-40(41)48(43(32)35)44-42(29-14-4-3-5-15-29)46-38-21-10-11-22-39(38)47-44/h3-27H,1-2H3. The van der Waals surface area contributed by atoms with Crippen molar-refractivity contribution >= 4 is 43.6 Å². The Kier molecular flexibility index (Phi) is 5.63. The van der Waals surface area contributed by atoms with Crippen molar-refractivity contribution in [3.05, 3.63) is 163 Å². The lowest BCUT2D eigenvalue weighted by atomic mass is 9.81. The van der Waals surface area contributed by atoms with E-state index in [0.29, 0.717) is 0 Å². The predicted molar refractivity (Wildman–Crippen MR) is 200 cm³/mol. The fourth-order valence-corrected chi connectivity index (χ4v) is 8.10. The molecule has 3 nitrogen and oxygen atoms in total. The summed E-state index contributed by atoms with van der Waals surface area (Å²) in [5, 5.41) is 4.89. The van der Waals surface area contributed by atoms with Gasteiger partial charge in [-0.05, 0) is 62.9 Å². The number of benzene rings is 7. The molecule has 0 amide bonds. The fraction of sp³-hybridized carbons (Fsp3) is 0.0667.